The Kier molecular flexibility index (Phi) is 3.58. The number of hydrogen-bond acceptors (Lipinski definition) is 3. The maximum absolute atomic E-state index is 11.8. The Morgan fingerprint density at radius 3 is 2.67 bits per heavy atom. The SMILES string of the molecule is Cc1cnn(Cc2ccc(CN)cc2C)c(=O)c1. The van der Waals surface area contributed by atoms with Crippen LogP contribution >= 0.6 is 0 Å². The number of aromatic nitrogens is 2. The molecule has 4 heteroatoms. The molecule has 0 atom stereocenters. The van der Waals surface area contributed by atoms with E-state index in [9.17, 15) is 4.79 Å². The molecule has 0 aliphatic rings. The van der Waals surface area contributed by atoms with Crippen molar-refractivity contribution in [2.75, 3.05) is 0 Å². The van der Waals surface area contributed by atoms with Crippen LogP contribution in [0.25, 0.3) is 0 Å². The Labute approximate surface area is 106 Å². The summed E-state index contributed by atoms with van der Waals surface area (Å²) in [4.78, 5) is 11.8. The van der Waals surface area contributed by atoms with Crippen molar-refractivity contribution in [2.24, 2.45) is 5.73 Å². The van der Waals surface area contributed by atoms with E-state index in [0.717, 1.165) is 22.3 Å². The monoisotopic (exact) mass is 243 g/mol. The van der Waals surface area contributed by atoms with E-state index in [2.05, 4.69) is 11.2 Å². The molecule has 0 saturated heterocycles. The fourth-order valence-corrected chi connectivity index (χ4v) is 1.87. The molecule has 0 saturated carbocycles. The summed E-state index contributed by atoms with van der Waals surface area (Å²) in [5, 5.41) is 4.14. The third-order valence-electron chi connectivity index (χ3n) is 2.97. The van der Waals surface area contributed by atoms with Crippen molar-refractivity contribution in [2.45, 2.75) is 26.9 Å². The van der Waals surface area contributed by atoms with Crippen molar-refractivity contribution in [1.82, 2.24) is 9.78 Å². The molecule has 2 N–H and O–H groups in total. The molecule has 2 rings (SSSR count). The summed E-state index contributed by atoms with van der Waals surface area (Å²) >= 11 is 0. The van der Waals surface area contributed by atoms with Crippen molar-refractivity contribution in [1.29, 1.82) is 0 Å². The van der Waals surface area contributed by atoms with Crippen molar-refractivity contribution < 1.29 is 0 Å². The van der Waals surface area contributed by atoms with Gasteiger partial charge in [-0.1, -0.05) is 18.2 Å². The average Bonchev–Trinajstić information content (AvgIpc) is 2.34. The second kappa shape index (κ2) is 5.14. The van der Waals surface area contributed by atoms with Gasteiger partial charge in [0.1, 0.15) is 0 Å². The summed E-state index contributed by atoms with van der Waals surface area (Å²) in [5.74, 6) is 0. The second-order valence-electron chi connectivity index (χ2n) is 4.49. The summed E-state index contributed by atoms with van der Waals surface area (Å²) in [7, 11) is 0. The number of rotatable bonds is 3. The van der Waals surface area contributed by atoms with Crippen LogP contribution in [0.5, 0.6) is 0 Å². The van der Waals surface area contributed by atoms with Crippen LogP contribution in [-0.4, -0.2) is 9.78 Å². The standard InChI is InChI=1S/C14H17N3O/c1-10-5-14(18)17(16-8-10)9-13-4-3-12(7-15)6-11(13)2/h3-6,8H,7,9,15H2,1-2H3. The lowest BCUT2D eigenvalue weighted by Gasteiger charge is -2.09. The molecule has 1 aromatic heterocycles. The first-order chi connectivity index (χ1) is 8.60. The van der Waals surface area contributed by atoms with Crippen LogP contribution in [0.3, 0.4) is 0 Å². The average molecular weight is 243 g/mol. The van der Waals surface area contributed by atoms with Crippen LogP contribution in [0.2, 0.25) is 0 Å². The van der Waals surface area contributed by atoms with E-state index in [-0.39, 0.29) is 5.56 Å². The molecular formula is C14H17N3O. The Morgan fingerprint density at radius 2 is 2.06 bits per heavy atom. The van der Waals surface area contributed by atoms with Gasteiger partial charge in [0.15, 0.2) is 0 Å². The minimum Gasteiger partial charge on any atom is -0.326 e. The summed E-state index contributed by atoms with van der Waals surface area (Å²) in [6, 6.07) is 7.64. The molecule has 2 aromatic rings. The molecule has 1 heterocycles. The first-order valence-corrected chi connectivity index (χ1v) is 5.92. The number of aryl methyl sites for hydroxylation is 2. The quantitative estimate of drug-likeness (QED) is 0.885. The van der Waals surface area contributed by atoms with Crippen LogP contribution in [0, 0.1) is 13.8 Å². The minimum absolute atomic E-state index is 0.0719. The maximum Gasteiger partial charge on any atom is 0.267 e. The lowest BCUT2D eigenvalue weighted by atomic mass is 10.1. The van der Waals surface area contributed by atoms with Crippen LogP contribution in [0.15, 0.2) is 35.3 Å². The highest BCUT2D eigenvalue weighted by Crippen LogP contribution is 2.11. The summed E-state index contributed by atoms with van der Waals surface area (Å²) in [6.07, 6.45) is 1.70. The van der Waals surface area contributed by atoms with Crippen molar-refractivity contribution in [3.8, 4) is 0 Å². The van der Waals surface area contributed by atoms with Gasteiger partial charge in [-0.3, -0.25) is 4.79 Å². The molecule has 1 aromatic carbocycles. The fraction of sp³-hybridized carbons (Fsp3) is 0.286. The topological polar surface area (TPSA) is 60.9 Å². The van der Waals surface area contributed by atoms with Crippen molar-refractivity contribution >= 4 is 0 Å². The molecule has 0 aliphatic carbocycles. The van der Waals surface area contributed by atoms with Gasteiger partial charge >= 0.3 is 0 Å². The summed E-state index contributed by atoms with van der Waals surface area (Å²) < 4.78 is 1.47. The van der Waals surface area contributed by atoms with E-state index >= 15 is 0 Å². The van der Waals surface area contributed by atoms with Crippen LogP contribution in [-0.2, 0) is 13.1 Å². The number of nitrogens with zero attached hydrogens (tertiary/aromatic N) is 2. The van der Waals surface area contributed by atoms with E-state index in [4.69, 9.17) is 5.73 Å². The van der Waals surface area contributed by atoms with Gasteiger partial charge in [-0.25, -0.2) is 4.68 Å². The first-order valence-electron chi connectivity index (χ1n) is 5.92. The lowest BCUT2D eigenvalue weighted by molar-refractivity contribution is 0.634. The van der Waals surface area contributed by atoms with Crippen LogP contribution in [0.4, 0.5) is 0 Å². The molecule has 0 amide bonds. The Hall–Kier alpha value is -1.94. The molecule has 94 valence electrons. The van der Waals surface area contributed by atoms with Gasteiger partial charge in [-0.15, -0.1) is 0 Å². The maximum atomic E-state index is 11.8. The van der Waals surface area contributed by atoms with Gasteiger partial charge in [-0.2, -0.15) is 5.10 Å². The molecular weight excluding hydrogens is 226 g/mol. The van der Waals surface area contributed by atoms with E-state index < -0.39 is 0 Å². The summed E-state index contributed by atoms with van der Waals surface area (Å²) in [6.45, 7) is 4.91. The molecule has 18 heavy (non-hydrogen) atoms. The van der Waals surface area contributed by atoms with Gasteiger partial charge in [0, 0.05) is 12.6 Å². The Balaban J connectivity index is 2.31. The molecule has 4 nitrogen and oxygen atoms in total. The number of benzene rings is 1. The van der Waals surface area contributed by atoms with Crippen LogP contribution in [0.1, 0.15) is 22.3 Å². The van der Waals surface area contributed by atoms with Gasteiger partial charge in [0.25, 0.3) is 5.56 Å². The van der Waals surface area contributed by atoms with E-state index in [1.807, 2.05) is 26.0 Å². The largest absolute Gasteiger partial charge is 0.326 e. The number of nitrogens with two attached hydrogens (primary N) is 1. The highest BCUT2D eigenvalue weighted by atomic mass is 16.1. The predicted molar refractivity (Wildman–Crippen MR) is 71.4 cm³/mol. The fourth-order valence-electron chi connectivity index (χ4n) is 1.87. The normalized spacial score (nSPS) is 10.6. The molecule has 0 bridgehead atoms. The highest BCUT2D eigenvalue weighted by Gasteiger charge is 2.03. The molecule has 0 radical (unpaired) electrons. The smallest absolute Gasteiger partial charge is 0.267 e. The third-order valence-corrected chi connectivity index (χ3v) is 2.97. The molecule has 0 aliphatic heterocycles. The molecule has 0 fully saturated rings. The van der Waals surface area contributed by atoms with E-state index in [1.165, 1.54) is 4.68 Å². The summed E-state index contributed by atoms with van der Waals surface area (Å²) in [5.41, 5.74) is 9.72. The van der Waals surface area contributed by atoms with Crippen molar-refractivity contribution in [3.63, 3.8) is 0 Å². The first kappa shape index (κ1) is 12.5. The lowest BCUT2D eigenvalue weighted by Crippen LogP contribution is -2.23. The van der Waals surface area contributed by atoms with Gasteiger partial charge in [-0.05, 0) is 36.1 Å². The van der Waals surface area contributed by atoms with Gasteiger partial charge < -0.3 is 5.73 Å². The van der Waals surface area contributed by atoms with E-state index in [0.29, 0.717) is 13.1 Å². The zero-order valence-electron chi connectivity index (χ0n) is 10.7. The highest BCUT2D eigenvalue weighted by molar-refractivity contribution is 5.31. The molecule has 0 spiro atoms. The van der Waals surface area contributed by atoms with Crippen LogP contribution < -0.4 is 11.3 Å². The second-order valence-corrected chi connectivity index (χ2v) is 4.49. The Morgan fingerprint density at radius 1 is 1.28 bits per heavy atom. The molecule has 0 unspecified atom stereocenters. The van der Waals surface area contributed by atoms with Gasteiger partial charge in [0.2, 0.25) is 0 Å². The van der Waals surface area contributed by atoms with E-state index in [1.54, 1.807) is 12.3 Å². The third kappa shape index (κ3) is 2.65. The predicted octanol–water partition coefficient (Wildman–Crippen LogP) is 1.37. The number of hydrogen-bond donors (Lipinski definition) is 1. The zero-order chi connectivity index (χ0) is 13.1. The minimum atomic E-state index is -0.0719. The van der Waals surface area contributed by atoms with Crippen molar-refractivity contribution in [3.05, 3.63) is 63.1 Å². The zero-order valence-corrected chi connectivity index (χ0v) is 10.7. The Bertz CT molecular complexity index is 617. The van der Waals surface area contributed by atoms with Gasteiger partial charge in [0.05, 0.1) is 12.7 Å².